The second-order valence-corrected chi connectivity index (χ2v) is 7.82. The molecule has 0 saturated carbocycles. The summed E-state index contributed by atoms with van der Waals surface area (Å²) in [6.07, 6.45) is -1.15. The third-order valence-corrected chi connectivity index (χ3v) is 5.03. The first-order valence-corrected chi connectivity index (χ1v) is 10.3. The third kappa shape index (κ3) is 6.66. The minimum Gasteiger partial charge on any atom is -0.451 e. The smallest absolute Gasteiger partial charge is 0.329 e. The molecule has 0 aliphatic rings. The number of amides is 2. The Morgan fingerprint density at radius 3 is 2.34 bits per heavy atom. The Balaban J connectivity index is 1.92. The molecule has 11 heteroatoms. The number of nitro groups is 1. The van der Waals surface area contributed by atoms with Gasteiger partial charge in [0.15, 0.2) is 6.10 Å². The Kier molecular flexibility index (Phi) is 8.56. The SMILES string of the molecule is CC(OC(=O)[C@H](C)NC(=O)c1cccc([N+](=O)[O-])c1)C(=O)NC(C)c1ccc(Cl)cc1Cl. The van der Waals surface area contributed by atoms with Gasteiger partial charge in [-0.15, -0.1) is 0 Å². The van der Waals surface area contributed by atoms with Crippen molar-refractivity contribution in [2.75, 3.05) is 0 Å². The van der Waals surface area contributed by atoms with Gasteiger partial charge in [0.1, 0.15) is 6.04 Å². The number of rotatable bonds is 8. The lowest BCUT2D eigenvalue weighted by atomic mass is 10.1. The molecule has 0 bridgehead atoms. The second-order valence-electron chi connectivity index (χ2n) is 6.98. The zero-order valence-electron chi connectivity index (χ0n) is 17.4. The van der Waals surface area contributed by atoms with Crippen molar-refractivity contribution in [3.05, 3.63) is 73.8 Å². The van der Waals surface area contributed by atoms with E-state index in [4.69, 9.17) is 27.9 Å². The molecule has 0 radical (unpaired) electrons. The van der Waals surface area contributed by atoms with E-state index in [9.17, 15) is 24.5 Å². The van der Waals surface area contributed by atoms with Gasteiger partial charge in [0, 0.05) is 27.7 Å². The van der Waals surface area contributed by atoms with E-state index in [2.05, 4.69) is 10.6 Å². The van der Waals surface area contributed by atoms with Gasteiger partial charge in [-0.05, 0) is 44.5 Å². The highest BCUT2D eigenvalue weighted by Gasteiger charge is 2.25. The first-order chi connectivity index (χ1) is 15.0. The predicted octanol–water partition coefficient (Wildman–Crippen LogP) is 3.83. The Bertz CT molecular complexity index is 1050. The van der Waals surface area contributed by atoms with Gasteiger partial charge in [0.2, 0.25) is 0 Å². The molecule has 2 N–H and O–H groups in total. The van der Waals surface area contributed by atoms with Gasteiger partial charge >= 0.3 is 5.97 Å². The monoisotopic (exact) mass is 481 g/mol. The van der Waals surface area contributed by atoms with Crippen molar-refractivity contribution in [2.45, 2.75) is 39.0 Å². The van der Waals surface area contributed by atoms with Crippen LogP contribution in [0.3, 0.4) is 0 Å². The number of nitrogens with one attached hydrogen (secondary N) is 2. The highest BCUT2D eigenvalue weighted by Crippen LogP contribution is 2.26. The lowest BCUT2D eigenvalue weighted by Gasteiger charge is -2.21. The summed E-state index contributed by atoms with van der Waals surface area (Å²) >= 11 is 12.0. The lowest BCUT2D eigenvalue weighted by molar-refractivity contribution is -0.384. The predicted molar refractivity (Wildman–Crippen MR) is 119 cm³/mol. The van der Waals surface area contributed by atoms with E-state index in [0.717, 1.165) is 6.07 Å². The van der Waals surface area contributed by atoms with Crippen LogP contribution in [0.15, 0.2) is 42.5 Å². The Hall–Kier alpha value is -3.17. The zero-order chi connectivity index (χ0) is 24.0. The van der Waals surface area contributed by atoms with E-state index in [1.807, 2.05) is 0 Å². The largest absolute Gasteiger partial charge is 0.451 e. The van der Waals surface area contributed by atoms with Crippen LogP contribution >= 0.6 is 23.2 Å². The maximum Gasteiger partial charge on any atom is 0.329 e. The zero-order valence-corrected chi connectivity index (χ0v) is 18.9. The van der Waals surface area contributed by atoms with E-state index >= 15 is 0 Å². The van der Waals surface area contributed by atoms with Gasteiger partial charge in [-0.2, -0.15) is 0 Å². The fourth-order valence-electron chi connectivity index (χ4n) is 2.69. The molecule has 0 fully saturated rings. The number of hydrogen-bond donors (Lipinski definition) is 2. The molecule has 2 aromatic rings. The minimum atomic E-state index is -1.15. The molecule has 0 aliphatic heterocycles. The molecule has 2 amide bonds. The van der Waals surface area contributed by atoms with Crippen molar-refractivity contribution in [3.8, 4) is 0 Å². The molecule has 0 saturated heterocycles. The average Bonchev–Trinajstić information content (AvgIpc) is 2.73. The summed E-state index contributed by atoms with van der Waals surface area (Å²) in [7, 11) is 0. The molecule has 170 valence electrons. The lowest BCUT2D eigenvalue weighted by Crippen LogP contribution is -2.43. The van der Waals surface area contributed by atoms with Crippen LogP contribution in [0.2, 0.25) is 10.0 Å². The first kappa shape index (κ1) is 25.1. The highest BCUT2D eigenvalue weighted by atomic mass is 35.5. The number of halogens is 2. The Morgan fingerprint density at radius 2 is 1.72 bits per heavy atom. The molecule has 0 aliphatic carbocycles. The topological polar surface area (TPSA) is 128 Å². The van der Waals surface area contributed by atoms with Gasteiger partial charge < -0.3 is 15.4 Å². The standard InChI is InChI=1S/C21H21Cl2N3O6/c1-11(17-8-7-15(22)10-18(17)23)24-19(27)13(3)32-21(29)12(2)25-20(28)14-5-4-6-16(9-14)26(30)31/h4-13H,1-3H3,(H,24,27)(H,25,28)/t11?,12-,13?/m0/s1. The molecule has 0 spiro atoms. The normalized spacial score (nSPS) is 13.4. The van der Waals surface area contributed by atoms with Crippen LogP contribution in [0.25, 0.3) is 0 Å². The van der Waals surface area contributed by atoms with Crippen LogP contribution in [0.5, 0.6) is 0 Å². The molecule has 2 unspecified atom stereocenters. The van der Waals surface area contributed by atoms with Crippen LogP contribution in [0.4, 0.5) is 5.69 Å². The van der Waals surface area contributed by atoms with Crippen LogP contribution in [-0.4, -0.2) is 34.9 Å². The molecule has 0 heterocycles. The summed E-state index contributed by atoms with van der Waals surface area (Å²) < 4.78 is 5.13. The van der Waals surface area contributed by atoms with Gasteiger partial charge in [-0.1, -0.05) is 35.3 Å². The average molecular weight is 482 g/mol. The van der Waals surface area contributed by atoms with E-state index in [0.29, 0.717) is 15.6 Å². The van der Waals surface area contributed by atoms with E-state index in [1.165, 1.54) is 32.0 Å². The van der Waals surface area contributed by atoms with Crippen molar-refractivity contribution in [3.63, 3.8) is 0 Å². The summed E-state index contributed by atoms with van der Waals surface area (Å²) in [5, 5.41) is 16.8. The number of non-ortho nitro benzene ring substituents is 1. The van der Waals surface area contributed by atoms with E-state index in [1.54, 1.807) is 25.1 Å². The number of ether oxygens (including phenoxy) is 1. The quantitative estimate of drug-likeness (QED) is 0.335. The summed E-state index contributed by atoms with van der Waals surface area (Å²) in [4.78, 5) is 47.2. The van der Waals surface area contributed by atoms with Gasteiger partial charge in [-0.3, -0.25) is 19.7 Å². The van der Waals surface area contributed by atoms with Crippen LogP contribution in [-0.2, 0) is 14.3 Å². The number of nitrogens with zero attached hydrogens (tertiary/aromatic N) is 1. The number of benzene rings is 2. The maximum atomic E-state index is 12.4. The van der Waals surface area contributed by atoms with Crippen molar-refractivity contribution in [1.29, 1.82) is 0 Å². The number of carbonyl (C=O) groups excluding carboxylic acids is 3. The van der Waals surface area contributed by atoms with E-state index < -0.39 is 40.9 Å². The fraction of sp³-hybridized carbons (Fsp3) is 0.286. The molecule has 3 atom stereocenters. The summed E-state index contributed by atoms with van der Waals surface area (Å²) in [5.74, 6) is -2.10. The number of carbonyl (C=O) groups is 3. The summed E-state index contributed by atoms with van der Waals surface area (Å²) in [6.45, 7) is 4.47. The number of nitro benzene ring substituents is 1. The van der Waals surface area contributed by atoms with E-state index in [-0.39, 0.29) is 11.3 Å². The Labute approximate surface area is 194 Å². The fourth-order valence-corrected chi connectivity index (χ4v) is 3.26. The van der Waals surface area contributed by atoms with Crippen molar-refractivity contribution in [2.24, 2.45) is 0 Å². The second kappa shape index (κ2) is 10.9. The summed E-state index contributed by atoms with van der Waals surface area (Å²) in [6, 6.07) is 8.37. The first-order valence-electron chi connectivity index (χ1n) is 9.50. The van der Waals surface area contributed by atoms with Crippen molar-refractivity contribution in [1.82, 2.24) is 10.6 Å². The number of hydrogen-bond acceptors (Lipinski definition) is 6. The van der Waals surface area contributed by atoms with Crippen LogP contribution in [0.1, 0.15) is 42.7 Å². The van der Waals surface area contributed by atoms with Crippen molar-refractivity contribution >= 4 is 46.7 Å². The van der Waals surface area contributed by atoms with Gasteiger partial charge in [0.25, 0.3) is 17.5 Å². The van der Waals surface area contributed by atoms with Crippen LogP contribution < -0.4 is 10.6 Å². The maximum absolute atomic E-state index is 12.4. The number of esters is 1. The van der Waals surface area contributed by atoms with Gasteiger partial charge in [0.05, 0.1) is 11.0 Å². The Morgan fingerprint density at radius 1 is 1.03 bits per heavy atom. The van der Waals surface area contributed by atoms with Crippen LogP contribution in [0, 0.1) is 10.1 Å². The molecule has 9 nitrogen and oxygen atoms in total. The molecule has 0 aromatic heterocycles. The molecule has 2 aromatic carbocycles. The van der Waals surface area contributed by atoms with Gasteiger partial charge in [-0.25, -0.2) is 4.79 Å². The molecular formula is C21H21Cl2N3O6. The summed E-state index contributed by atoms with van der Waals surface area (Å²) in [5.41, 5.74) is 0.395. The molecule has 32 heavy (non-hydrogen) atoms. The third-order valence-electron chi connectivity index (χ3n) is 4.47. The van der Waals surface area contributed by atoms with Crippen molar-refractivity contribution < 1.29 is 24.0 Å². The minimum absolute atomic E-state index is 0.0123. The molecule has 2 rings (SSSR count). The highest BCUT2D eigenvalue weighted by molar-refractivity contribution is 6.35. The molecular weight excluding hydrogens is 461 g/mol.